The second kappa shape index (κ2) is 9.77. The van der Waals surface area contributed by atoms with Gasteiger partial charge >= 0.3 is 6.18 Å². The maximum absolute atomic E-state index is 13.1. The smallest absolute Gasteiger partial charge is 0.350 e. The number of halogens is 3. The van der Waals surface area contributed by atoms with Crippen molar-refractivity contribution in [1.82, 2.24) is 20.0 Å². The molecule has 11 heteroatoms. The van der Waals surface area contributed by atoms with Crippen molar-refractivity contribution in [3.05, 3.63) is 77.6 Å². The largest absolute Gasteiger partial charge is 0.435 e. The molecule has 0 bridgehead atoms. The molecule has 0 fully saturated rings. The number of fused-ring (bicyclic) bond motifs is 1. The van der Waals surface area contributed by atoms with E-state index >= 15 is 0 Å². The van der Waals surface area contributed by atoms with E-state index in [-0.39, 0.29) is 24.9 Å². The lowest BCUT2D eigenvalue weighted by molar-refractivity contribution is -0.141. The van der Waals surface area contributed by atoms with Crippen LogP contribution in [-0.2, 0) is 6.18 Å². The van der Waals surface area contributed by atoms with E-state index in [1.165, 1.54) is 36.8 Å². The predicted molar refractivity (Wildman–Crippen MR) is 120 cm³/mol. The number of benzene rings is 2. The summed E-state index contributed by atoms with van der Waals surface area (Å²) in [4.78, 5) is 31.4. The summed E-state index contributed by atoms with van der Waals surface area (Å²) in [6.45, 7) is 1.19. The zero-order chi connectivity index (χ0) is 24.1. The fraction of sp³-hybridized carbons (Fsp3) is 0.217. The fourth-order valence-electron chi connectivity index (χ4n) is 3.44. The first-order valence-corrected chi connectivity index (χ1v) is 10.5. The Labute approximate surface area is 193 Å². The van der Waals surface area contributed by atoms with Gasteiger partial charge in [0.15, 0.2) is 5.69 Å². The summed E-state index contributed by atoms with van der Waals surface area (Å²) >= 11 is 0. The molecule has 1 aliphatic heterocycles. The number of nitrogens with zero attached hydrogens (tertiary/aromatic N) is 4. The number of rotatable bonds is 2. The molecule has 0 radical (unpaired) electrons. The summed E-state index contributed by atoms with van der Waals surface area (Å²) in [6, 6.07) is 14.0. The Hall–Kier alpha value is -4.15. The number of nitrogens with one attached hydrogen (secondary N) is 2. The second-order valence-electron chi connectivity index (χ2n) is 7.46. The molecule has 0 unspecified atom stereocenters. The van der Waals surface area contributed by atoms with Crippen molar-refractivity contribution in [3.8, 4) is 5.69 Å². The highest BCUT2D eigenvalue weighted by molar-refractivity contribution is 6.01. The van der Waals surface area contributed by atoms with E-state index in [0.717, 1.165) is 10.7 Å². The molecule has 0 saturated carbocycles. The third-order valence-corrected chi connectivity index (χ3v) is 5.19. The van der Waals surface area contributed by atoms with E-state index in [9.17, 15) is 22.8 Å². The number of anilines is 1. The van der Waals surface area contributed by atoms with E-state index < -0.39 is 11.9 Å². The monoisotopic (exact) mass is 470 g/mol. The Morgan fingerprint density at radius 2 is 1.76 bits per heavy atom. The highest BCUT2D eigenvalue weighted by Crippen LogP contribution is 2.28. The van der Waals surface area contributed by atoms with E-state index in [2.05, 4.69) is 20.7 Å². The number of aromatic nitrogens is 2. The molecule has 2 N–H and O–H groups in total. The molecule has 0 atom stereocenters. The van der Waals surface area contributed by atoms with Gasteiger partial charge in [-0.25, -0.2) is 4.68 Å². The summed E-state index contributed by atoms with van der Waals surface area (Å²) in [7, 11) is 0. The Balaban J connectivity index is 1.46. The van der Waals surface area contributed by atoms with Crippen LogP contribution in [0.3, 0.4) is 0 Å². The lowest BCUT2D eigenvalue weighted by Crippen LogP contribution is -2.40. The molecular weight excluding hydrogens is 449 g/mol. The average Bonchev–Trinajstić information content (AvgIpc) is 3.33. The molecule has 3 aromatic rings. The summed E-state index contributed by atoms with van der Waals surface area (Å²) in [5.74, 6) is -0.552. The highest BCUT2D eigenvalue weighted by Gasteiger charge is 2.33. The maximum Gasteiger partial charge on any atom is 0.435 e. The molecule has 8 nitrogen and oxygen atoms in total. The molecular formula is C23H21F3N6O2. The van der Waals surface area contributed by atoms with Gasteiger partial charge in [0.1, 0.15) is 0 Å². The molecule has 2 amide bonds. The standard InChI is InChI=1S/C23H21F3N6O2/c24-23(25,26)20-9-12-32(30-20)17-7-5-16(6-8-17)22(34)31-13-10-27-15-29-19-4-2-1-3-18(19)21(33)28-11-14-31/h1-9,12,15H,10-11,13-14H2,(H,27,29)(H,28,33). The number of carbonyl (C=O) groups is 2. The predicted octanol–water partition coefficient (Wildman–Crippen LogP) is 3.22. The van der Waals surface area contributed by atoms with Gasteiger partial charge in [-0.3, -0.25) is 14.6 Å². The summed E-state index contributed by atoms with van der Waals surface area (Å²) in [5, 5.41) is 9.33. The summed E-state index contributed by atoms with van der Waals surface area (Å²) in [5.41, 5.74) is 0.860. The van der Waals surface area contributed by atoms with Crippen LogP contribution < -0.4 is 10.6 Å². The molecule has 34 heavy (non-hydrogen) atoms. The maximum atomic E-state index is 13.1. The molecule has 1 aromatic heterocycles. The van der Waals surface area contributed by atoms with Gasteiger partial charge < -0.3 is 15.5 Å². The molecule has 176 valence electrons. The number of carbonyl (C=O) groups excluding carboxylic acids is 2. The van der Waals surface area contributed by atoms with Crippen molar-refractivity contribution in [2.75, 3.05) is 31.5 Å². The minimum absolute atomic E-state index is 0.244. The van der Waals surface area contributed by atoms with E-state index in [1.54, 1.807) is 23.1 Å². The van der Waals surface area contributed by atoms with Gasteiger partial charge in [-0.15, -0.1) is 0 Å². The molecule has 2 heterocycles. The quantitative estimate of drug-likeness (QED) is 0.602. The van der Waals surface area contributed by atoms with E-state index in [4.69, 9.17) is 0 Å². The Kier molecular flexibility index (Phi) is 6.62. The average molecular weight is 470 g/mol. The van der Waals surface area contributed by atoms with E-state index in [1.807, 2.05) is 6.07 Å². The first-order valence-electron chi connectivity index (χ1n) is 10.5. The number of hydrogen-bond acceptors (Lipinski definition) is 5. The van der Waals surface area contributed by atoms with Crippen LogP contribution in [-0.4, -0.2) is 59.0 Å². The van der Waals surface area contributed by atoms with E-state index in [0.29, 0.717) is 35.6 Å². The van der Waals surface area contributed by atoms with Gasteiger partial charge in [0.05, 0.1) is 29.8 Å². The number of alkyl halides is 3. The van der Waals surface area contributed by atoms with Gasteiger partial charge in [0, 0.05) is 31.4 Å². The van der Waals surface area contributed by atoms with Crippen LogP contribution in [0.25, 0.3) is 5.69 Å². The zero-order valence-corrected chi connectivity index (χ0v) is 17.9. The van der Waals surface area contributed by atoms with Crippen molar-refractivity contribution in [1.29, 1.82) is 0 Å². The second-order valence-corrected chi connectivity index (χ2v) is 7.46. The van der Waals surface area contributed by atoms with Crippen molar-refractivity contribution in [2.45, 2.75) is 6.18 Å². The molecule has 0 saturated heterocycles. The van der Waals surface area contributed by atoms with Crippen LogP contribution >= 0.6 is 0 Å². The number of para-hydroxylation sites is 1. The lowest BCUT2D eigenvalue weighted by atomic mass is 10.1. The zero-order valence-electron chi connectivity index (χ0n) is 17.9. The molecule has 0 spiro atoms. The van der Waals surface area contributed by atoms with Gasteiger partial charge in [-0.1, -0.05) is 12.1 Å². The van der Waals surface area contributed by atoms with Crippen LogP contribution in [0.1, 0.15) is 26.4 Å². The highest BCUT2D eigenvalue weighted by atomic mass is 19.4. The van der Waals surface area contributed by atoms with Gasteiger partial charge in [-0.2, -0.15) is 18.3 Å². The Morgan fingerprint density at radius 3 is 2.50 bits per heavy atom. The van der Waals surface area contributed by atoms with Crippen molar-refractivity contribution in [3.63, 3.8) is 0 Å². The third-order valence-electron chi connectivity index (χ3n) is 5.19. The van der Waals surface area contributed by atoms with Crippen molar-refractivity contribution < 1.29 is 22.8 Å². The van der Waals surface area contributed by atoms with Gasteiger partial charge in [0.2, 0.25) is 0 Å². The van der Waals surface area contributed by atoms with Crippen molar-refractivity contribution >= 4 is 23.8 Å². The summed E-state index contributed by atoms with van der Waals surface area (Å²) < 4.78 is 39.5. The van der Waals surface area contributed by atoms with Crippen LogP contribution in [0, 0.1) is 0 Å². The Bertz CT molecular complexity index is 1200. The van der Waals surface area contributed by atoms with Crippen LogP contribution in [0.5, 0.6) is 0 Å². The molecule has 1 aliphatic rings. The SMILES string of the molecule is O=C1NCCN(C(=O)c2ccc(-n3ccc(C(F)(F)F)n3)cc2)CCN=CNc2ccccc21. The number of amides is 2. The van der Waals surface area contributed by atoms with Crippen LogP contribution in [0.15, 0.2) is 65.8 Å². The summed E-state index contributed by atoms with van der Waals surface area (Å²) in [6.07, 6.45) is -1.83. The first-order chi connectivity index (χ1) is 16.3. The first kappa shape index (κ1) is 23.0. The lowest BCUT2D eigenvalue weighted by Gasteiger charge is -2.23. The topological polar surface area (TPSA) is 91.6 Å². The number of aliphatic imine (C=N–C) groups is 1. The molecule has 0 aliphatic carbocycles. The van der Waals surface area contributed by atoms with Crippen molar-refractivity contribution in [2.24, 2.45) is 4.99 Å². The molecule has 4 rings (SSSR count). The van der Waals surface area contributed by atoms with Gasteiger partial charge in [-0.05, 0) is 42.5 Å². The minimum Gasteiger partial charge on any atom is -0.350 e. The Morgan fingerprint density at radius 1 is 1.00 bits per heavy atom. The van der Waals surface area contributed by atoms with Gasteiger partial charge in [0.25, 0.3) is 11.8 Å². The normalized spacial score (nSPS) is 14.9. The fourth-order valence-corrected chi connectivity index (χ4v) is 3.44. The third kappa shape index (κ3) is 5.25. The molecule has 2 aromatic carbocycles. The minimum atomic E-state index is -4.53. The van der Waals surface area contributed by atoms with Crippen LogP contribution in [0.4, 0.5) is 18.9 Å². The van der Waals surface area contributed by atoms with Crippen LogP contribution in [0.2, 0.25) is 0 Å². The number of hydrogen-bond donors (Lipinski definition) is 2.